The van der Waals surface area contributed by atoms with Gasteiger partial charge in [0.15, 0.2) is 0 Å². The minimum absolute atomic E-state index is 0.0266. The van der Waals surface area contributed by atoms with Crippen molar-refractivity contribution in [3.63, 3.8) is 0 Å². The van der Waals surface area contributed by atoms with Gasteiger partial charge in [-0.1, -0.05) is 6.07 Å². The summed E-state index contributed by atoms with van der Waals surface area (Å²) >= 11 is 0. The van der Waals surface area contributed by atoms with Gasteiger partial charge < -0.3 is 19.5 Å². The molecule has 2 aromatic carbocycles. The standard InChI is InChI=1S/C33H31F6N3O5/c1-18-30(20-14-21(32(34,35)36)16-22(15-20)33(37,38)39)47-31(45)42(18)17-26-24(7-9-28(40-26)41-11-2-12-41)25-13-19(4-10-29(43)44)3-8-27(25)46-23-5-6-23/h3,7-9,13-16,18,23,30H,2,4-6,10-12,17H2,1H3,(H,43,44)/t18-,30-/m0/s1. The van der Waals surface area contributed by atoms with Gasteiger partial charge in [0.2, 0.25) is 0 Å². The number of nitrogens with zero attached hydrogens (tertiary/aromatic N) is 3. The van der Waals surface area contributed by atoms with Gasteiger partial charge in [0.1, 0.15) is 17.7 Å². The van der Waals surface area contributed by atoms with Crippen molar-refractivity contribution in [3.05, 3.63) is 76.5 Å². The molecule has 1 aliphatic carbocycles. The molecule has 250 valence electrons. The van der Waals surface area contributed by atoms with Crippen molar-refractivity contribution in [2.24, 2.45) is 0 Å². The average molecular weight is 664 g/mol. The van der Waals surface area contributed by atoms with Gasteiger partial charge in [-0.15, -0.1) is 0 Å². The first-order chi connectivity index (χ1) is 22.2. The molecule has 1 amide bonds. The van der Waals surface area contributed by atoms with Crippen LogP contribution in [0.25, 0.3) is 11.1 Å². The van der Waals surface area contributed by atoms with E-state index in [-0.39, 0.29) is 31.6 Å². The first-order valence-electron chi connectivity index (χ1n) is 15.2. The van der Waals surface area contributed by atoms with Gasteiger partial charge in [-0.25, -0.2) is 9.78 Å². The molecule has 2 aliphatic heterocycles. The first-order valence-corrected chi connectivity index (χ1v) is 15.2. The molecule has 47 heavy (non-hydrogen) atoms. The van der Waals surface area contributed by atoms with Crippen LogP contribution in [0.2, 0.25) is 0 Å². The number of hydrogen-bond acceptors (Lipinski definition) is 6. The highest BCUT2D eigenvalue weighted by atomic mass is 19.4. The van der Waals surface area contributed by atoms with Gasteiger partial charge in [0, 0.05) is 30.6 Å². The quantitative estimate of drug-likeness (QED) is 0.223. The molecule has 8 nitrogen and oxygen atoms in total. The molecule has 3 heterocycles. The van der Waals surface area contributed by atoms with Crippen LogP contribution in [0, 0.1) is 0 Å². The summed E-state index contributed by atoms with van der Waals surface area (Å²) in [5.41, 5.74) is -1.06. The van der Waals surface area contributed by atoms with E-state index in [0.29, 0.717) is 40.5 Å². The van der Waals surface area contributed by atoms with Crippen molar-refractivity contribution >= 4 is 17.9 Å². The first kappa shape index (κ1) is 32.5. The number of pyridine rings is 1. The van der Waals surface area contributed by atoms with Crippen LogP contribution in [0.4, 0.5) is 37.0 Å². The molecule has 1 saturated carbocycles. The summed E-state index contributed by atoms with van der Waals surface area (Å²) in [5, 5.41) is 9.22. The zero-order chi connectivity index (χ0) is 33.7. The Morgan fingerprint density at radius 3 is 2.23 bits per heavy atom. The normalized spacial score (nSPS) is 19.9. The summed E-state index contributed by atoms with van der Waals surface area (Å²) in [6.45, 7) is 2.87. The minimum atomic E-state index is -5.06. The molecule has 6 rings (SSSR count). The van der Waals surface area contributed by atoms with Gasteiger partial charge in [0.25, 0.3) is 0 Å². The number of aliphatic carboxylic acids is 1. The number of amides is 1. The fourth-order valence-electron chi connectivity index (χ4n) is 5.70. The van der Waals surface area contributed by atoms with Crippen LogP contribution >= 0.6 is 0 Å². The third-order valence-electron chi connectivity index (χ3n) is 8.57. The lowest BCUT2D eigenvalue weighted by atomic mass is 9.96. The fourth-order valence-corrected chi connectivity index (χ4v) is 5.70. The van der Waals surface area contributed by atoms with Crippen molar-refractivity contribution in [3.8, 4) is 16.9 Å². The predicted octanol–water partition coefficient (Wildman–Crippen LogP) is 7.64. The number of halogens is 6. The Hall–Kier alpha value is -4.49. The second-order valence-corrected chi connectivity index (χ2v) is 12.1. The topological polar surface area (TPSA) is 92.2 Å². The van der Waals surface area contributed by atoms with Gasteiger partial charge in [-0.05, 0) is 86.2 Å². The summed E-state index contributed by atoms with van der Waals surface area (Å²) < 4.78 is 93.2. The molecule has 2 saturated heterocycles. The van der Waals surface area contributed by atoms with Crippen LogP contribution in [0.15, 0.2) is 48.5 Å². The third kappa shape index (κ3) is 7.10. The van der Waals surface area contributed by atoms with E-state index in [9.17, 15) is 41.0 Å². The maximum Gasteiger partial charge on any atom is 0.416 e. The zero-order valence-corrected chi connectivity index (χ0v) is 25.2. The monoisotopic (exact) mass is 663 g/mol. The Bertz CT molecular complexity index is 1650. The van der Waals surface area contributed by atoms with Crippen LogP contribution in [0.1, 0.15) is 66.7 Å². The molecule has 3 aliphatic rings. The maximum absolute atomic E-state index is 13.6. The molecule has 0 spiro atoms. The molecule has 0 radical (unpaired) electrons. The number of ether oxygens (including phenoxy) is 2. The Morgan fingerprint density at radius 2 is 1.66 bits per heavy atom. The van der Waals surface area contributed by atoms with Crippen molar-refractivity contribution in [1.29, 1.82) is 0 Å². The van der Waals surface area contributed by atoms with Crippen molar-refractivity contribution < 1.29 is 50.5 Å². The minimum Gasteiger partial charge on any atom is -0.490 e. The molecular formula is C33H31F6N3O5. The second-order valence-electron chi connectivity index (χ2n) is 12.1. The van der Waals surface area contributed by atoms with E-state index in [1.165, 1.54) is 11.8 Å². The van der Waals surface area contributed by atoms with Gasteiger partial charge in [-0.2, -0.15) is 26.3 Å². The van der Waals surface area contributed by atoms with Gasteiger partial charge in [0.05, 0.1) is 35.5 Å². The SMILES string of the molecule is C[C@H]1[C@@H](c2cc(C(F)(F)F)cc(C(F)(F)F)c2)OC(=O)N1Cc1nc(N2CCC2)ccc1-c1cc(CCC(=O)O)ccc1OC1CC1. The number of cyclic esters (lactones) is 1. The third-order valence-corrected chi connectivity index (χ3v) is 8.57. The average Bonchev–Trinajstić information content (AvgIpc) is 3.75. The van der Waals surface area contributed by atoms with E-state index in [0.717, 1.165) is 37.9 Å². The van der Waals surface area contributed by atoms with E-state index in [2.05, 4.69) is 0 Å². The Labute approximate surface area is 265 Å². The van der Waals surface area contributed by atoms with Crippen molar-refractivity contribution in [2.45, 2.75) is 76.2 Å². The van der Waals surface area contributed by atoms with E-state index in [4.69, 9.17) is 14.5 Å². The summed E-state index contributed by atoms with van der Waals surface area (Å²) in [5.74, 6) is 0.237. The van der Waals surface area contributed by atoms with E-state index >= 15 is 0 Å². The number of alkyl halides is 6. The highest BCUT2D eigenvalue weighted by molar-refractivity contribution is 5.76. The lowest BCUT2D eigenvalue weighted by Crippen LogP contribution is -2.38. The lowest BCUT2D eigenvalue weighted by molar-refractivity contribution is -0.143. The molecular weight excluding hydrogens is 632 g/mol. The fraction of sp³-hybridized carbons (Fsp3) is 0.424. The second kappa shape index (κ2) is 12.3. The molecule has 3 aromatic rings. The number of benzene rings is 2. The van der Waals surface area contributed by atoms with Crippen LogP contribution in [0.5, 0.6) is 5.75 Å². The van der Waals surface area contributed by atoms with Crippen LogP contribution in [0.3, 0.4) is 0 Å². The lowest BCUT2D eigenvalue weighted by Gasteiger charge is -2.33. The molecule has 0 unspecified atom stereocenters. The predicted molar refractivity (Wildman–Crippen MR) is 157 cm³/mol. The number of aromatic nitrogens is 1. The maximum atomic E-state index is 13.6. The summed E-state index contributed by atoms with van der Waals surface area (Å²) in [7, 11) is 0. The van der Waals surface area contributed by atoms with Gasteiger partial charge in [-0.3, -0.25) is 9.69 Å². The van der Waals surface area contributed by atoms with E-state index < -0.39 is 53.3 Å². The highest BCUT2D eigenvalue weighted by Gasteiger charge is 2.44. The molecule has 1 aromatic heterocycles. The van der Waals surface area contributed by atoms with Crippen molar-refractivity contribution in [1.82, 2.24) is 9.88 Å². The summed E-state index contributed by atoms with van der Waals surface area (Å²) in [4.78, 5) is 32.6. The Kier molecular flexibility index (Phi) is 8.47. The Morgan fingerprint density at radius 1 is 0.979 bits per heavy atom. The van der Waals surface area contributed by atoms with Crippen LogP contribution < -0.4 is 9.64 Å². The zero-order valence-electron chi connectivity index (χ0n) is 25.2. The smallest absolute Gasteiger partial charge is 0.416 e. The molecule has 2 atom stereocenters. The van der Waals surface area contributed by atoms with Crippen LogP contribution in [-0.2, 0) is 34.8 Å². The number of aryl methyl sites for hydroxylation is 1. The highest BCUT2D eigenvalue weighted by Crippen LogP contribution is 2.43. The summed E-state index contributed by atoms with van der Waals surface area (Å²) in [6, 6.07) is 9.27. The van der Waals surface area contributed by atoms with Crippen LogP contribution in [-0.4, -0.2) is 52.3 Å². The summed E-state index contributed by atoms with van der Waals surface area (Å²) in [6.07, 6.45) is -9.53. The number of carbonyl (C=O) groups is 2. The number of carboxylic acids is 1. The van der Waals surface area contributed by atoms with E-state index in [1.807, 2.05) is 23.1 Å². The van der Waals surface area contributed by atoms with Crippen molar-refractivity contribution in [2.75, 3.05) is 18.0 Å². The molecule has 1 N–H and O–H groups in total. The van der Waals surface area contributed by atoms with E-state index in [1.54, 1.807) is 12.1 Å². The number of hydrogen-bond donors (Lipinski definition) is 1. The number of carbonyl (C=O) groups excluding carboxylic acids is 1. The molecule has 3 fully saturated rings. The largest absolute Gasteiger partial charge is 0.490 e. The Balaban J connectivity index is 1.37. The molecule has 0 bridgehead atoms. The van der Waals surface area contributed by atoms with Gasteiger partial charge >= 0.3 is 24.4 Å². The molecule has 14 heteroatoms. The number of rotatable bonds is 10. The number of carboxylic acid groups (broad SMARTS) is 1. The number of anilines is 1.